The Balaban J connectivity index is 1.91. The number of nitrogens with one attached hydrogen (secondary N) is 2. The Hall–Kier alpha value is -1.48. The molecule has 0 bridgehead atoms. The van der Waals surface area contributed by atoms with E-state index in [2.05, 4.69) is 10.3 Å². The largest absolute Gasteiger partial charge is 0.387 e. The van der Waals surface area contributed by atoms with Crippen LogP contribution in [0.5, 0.6) is 0 Å². The highest BCUT2D eigenvalue weighted by Crippen LogP contribution is 2.16. The van der Waals surface area contributed by atoms with Gasteiger partial charge in [-0.05, 0) is 17.7 Å². The van der Waals surface area contributed by atoms with Crippen molar-refractivity contribution in [1.82, 2.24) is 10.3 Å². The van der Waals surface area contributed by atoms with Crippen molar-refractivity contribution in [3.63, 3.8) is 0 Å². The molecule has 6 nitrogen and oxygen atoms in total. The monoisotopic (exact) mass is 328 g/mol. The van der Waals surface area contributed by atoms with Gasteiger partial charge in [-0.2, -0.15) is 0 Å². The van der Waals surface area contributed by atoms with E-state index in [1.54, 1.807) is 17.5 Å². The predicted octanol–water partition coefficient (Wildman–Crippen LogP) is 0.663. The molecule has 0 aliphatic carbocycles. The molecular weight excluding hydrogens is 312 g/mol. The average Bonchev–Trinajstić information content (AvgIpc) is 2.83. The molecule has 0 aliphatic heterocycles. The summed E-state index contributed by atoms with van der Waals surface area (Å²) in [5.74, 6) is 0. The fourth-order valence-electron chi connectivity index (χ4n) is 1.80. The third kappa shape index (κ3) is 4.50. The number of aliphatic hydroxyl groups excluding tert-OH is 1. The van der Waals surface area contributed by atoms with Crippen molar-refractivity contribution in [3.05, 3.63) is 50.6 Å². The lowest BCUT2D eigenvalue weighted by Crippen LogP contribution is -2.21. The summed E-state index contributed by atoms with van der Waals surface area (Å²) in [5.41, 5.74) is 1.40. The van der Waals surface area contributed by atoms with E-state index in [4.69, 9.17) is 0 Å². The first-order chi connectivity index (χ1) is 9.86. The quantitative estimate of drug-likeness (QED) is 0.723. The van der Waals surface area contributed by atoms with Gasteiger partial charge in [0, 0.05) is 30.4 Å². The average molecular weight is 328 g/mol. The number of aromatic amines is 1. The van der Waals surface area contributed by atoms with Crippen molar-refractivity contribution in [2.45, 2.75) is 17.5 Å². The molecule has 21 heavy (non-hydrogen) atoms. The fourth-order valence-corrected chi connectivity index (χ4v) is 3.01. The minimum atomic E-state index is -3.23. The Bertz CT molecular complexity index is 747. The predicted molar refractivity (Wildman–Crippen MR) is 81.2 cm³/mol. The molecule has 2 aromatic rings. The number of thiazole rings is 1. The van der Waals surface area contributed by atoms with Gasteiger partial charge in [-0.3, -0.25) is 4.79 Å². The Morgan fingerprint density at radius 1 is 1.33 bits per heavy atom. The molecule has 3 N–H and O–H groups in total. The van der Waals surface area contributed by atoms with Gasteiger partial charge in [-0.25, -0.2) is 8.42 Å². The zero-order chi connectivity index (χ0) is 15.5. The number of aliphatic hydroxyl groups is 1. The van der Waals surface area contributed by atoms with Crippen molar-refractivity contribution in [3.8, 4) is 0 Å². The van der Waals surface area contributed by atoms with Crippen LogP contribution < -0.4 is 10.2 Å². The van der Waals surface area contributed by atoms with Gasteiger partial charge >= 0.3 is 4.87 Å². The van der Waals surface area contributed by atoms with Gasteiger partial charge < -0.3 is 15.4 Å². The SMILES string of the molecule is CS(=O)(=O)c1ccc(C(O)CNCc2csc(=O)[nH]2)cc1. The molecule has 114 valence electrons. The first-order valence-electron chi connectivity index (χ1n) is 6.22. The highest BCUT2D eigenvalue weighted by atomic mass is 32.2. The second-order valence-corrected chi connectivity index (χ2v) is 7.52. The number of hydrogen-bond donors (Lipinski definition) is 3. The maximum absolute atomic E-state index is 11.3. The third-order valence-corrected chi connectivity index (χ3v) is 4.76. The maximum Gasteiger partial charge on any atom is 0.304 e. The van der Waals surface area contributed by atoms with Gasteiger partial charge in [0.15, 0.2) is 9.84 Å². The van der Waals surface area contributed by atoms with Crippen LogP contribution in [0.4, 0.5) is 0 Å². The third-order valence-electron chi connectivity index (χ3n) is 2.92. The van der Waals surface area contributed by atoms with Crippen LogP contribution in [0.1, 0.15) is 17.4 Å². The lowest BCUT2D eigenvalue weighted by molar-refractivity contribution is 0.174. The summed E-state index contributed by atoms with van der Waals surface area (Å²) in [6.45, 7) is 0.757. The summed E-state index contributed by atoms with van der Waals surface area (Å²) in [7, 11) is -3.23. The van der Waals surface area contributed by atoms with Crippen molar-refractivity contribution < 1.29 is 13.5 Å². The second-order valence-electron chi connectivity index (χ2n) is 4.66. The zero-order valence-electron chi connectivity index (χ0n) is 11.4. The van der Waals surface area contributed by atoms with Gasteiger partial charge in [0.25, 0.3) is 0 Å². The number of benzene rings is 1. The summed E-state index contributed by atoms with van der Waals surface area (Å²) in [5, 5.41) is 14.8. The molecule has 8 heteroatoms. The molecule has 0 amide bonds. The molecule has 0 saturated carbocycles. The first kappa shape index (κ1) is 15.9. The molecule has 1 aromatic carbocycles. The smallest absolute Gasteiger partial charge is 0.304 e. The molecular formula is C13H16N2O4S2. The molecule has 2 rings (SSSR count). The molecule has 1 unspecified atom stereocenters. The van der Waals surface area contributed by atoms with E-state index in [-0.39, 0.29) is 9.77 Å². The van der Waals surface area contributed by atoms with Crippen molar-refractivity contribution in [2.24, 2.45) is 0 Å². The van der Waals surface area contributed by atoms with E-state index in [9.17, 15) is 18.3 Å². The lowest BCUT2D eigenvalue weighted by Gasteiger charge is -2.12. The van der Waals surface area contributed by atoms with Crippen LogP contribution in [-0.4, -0.2) is 31.3 Å². The van der Waals surface area contributed by atoms with Crippen LogP contribution in [0, 0.1) is 0 Å². The number of rotatable bonds is 6. The summed E-state index contributed by atoms with van der Waals surface area (Å²) in [4.78, 5) is 13.7. The second kappa shape index (κ2) is 6.52. The van der Waals surface area contributed by atoms with Crippen LogP contribution >= 0.6 is 11.3 Å². The van der Waals surface area contributed by atoms with Crippen molar-refractivity contribution in [1.29, 1.82) is 0 Å². The van der Waals surface area contributed by atoms with E-state index in [1.165, 1.54) is 12.1 Å². The highest BCUT2D eigenvalue weighted by Gasteiger charge is 2.10. The molecule has 1 atom stereocenters. The molecule has 1 aromatic heterocycles. The molecule has 0 spiro atoms. The highest BCUT2D eigenvalue weighted by molar-refractivity contribution is 7.90. The zero-order valence-corrected chi connectivity index (χ0v) is 13.0. The summed E-state index contributed by atoms with van der Waals surface area (Å²) in [6, 6.07) is 6.14. The van der Waals surface area contributed by atoms with Gasteiger partial charge in [0.1, 0.15) is 0 Å². The minimum absolute atomic E-state index is 0.108. The van der Waals surface area contributed by atoms with Crippen LogP contribution in [0.3, 0.4) is 0 Å². The molecule has 0 aliphatic rings. The van der Waals surface area contributed by atoms with Crippen LogP contribution in [0.15, 0.2) is 39.3 Å². The van der Waals surface area contributed by atoms with Crippen molar-refractivity contribution >= 4 is 21.2 Å². The minimum Gasteiger partial charge on any atom is -0.387 e. The number of H-pyrrole nitrogens is 1. The van der Waals surface area contributed by atoms with Gasteiger partial charge in [0.2, 0.25) is 0 Å². The molecule has 0 saturated heterocycles. The van der Waals surface area contributed by atoms with E-state index in [0.29, 0.717) is 18.7 Å². The van der Waals surface area contributed by atoms with Crippen molar-refractivity contribution in [2.75, 3.05) is 12.8 Å². The standard InChI is InChI=1S/C13H16N2O4S2/c1-21(18,19)11-4-2-9(3-5-11)12(16)7-14-6-10-8-20-13(17)15-10/h2-5,8,12,14,16H,6-7H2,1H3,(H,15,17). The van der Waals surface area contributed by atoms with E-state index >= 15 is 0 Å². The lowest BCUT2D eigenvalue weighted by atomic mass is 10.1. The topological polar surface area (TPSA) is 99.3 Å². The summed E-state index contributed by atoms with van der Waals surface area (Å²) < 4.78 is 22.7. The molecule has 1 heterocycles. The summed E-state index contributed by atoms with van der Waals surface area (Å²) in [6.07, 6.45) is 0.394. The number of sulfone groups is 1. The molecule has 0 radical (unpaired) electrons. The molecule has 0 fully saturated rings. The fraction of sp³-hybridized carbons (Fsp3) is 0.308. The Morgan fingerprint density at radius 3 is 2.52 bits per heavy atom. The Labute approximate surface area is 126 Å². The van der Waals surface area contributed by atoms with Crippen LogP contribution in [0.2, 0.25) is 0 Å². The maximum atomic E-state index is 11.3. The van der Waals surface area contributed by atoms with E-state index in [1.807, 2.05) is 0 Å². The van der Waals surface area contributed by atoms with E-state index < -0.39 is 15.9 Å². The van der Waals surface area contributed by atoms with E-state index in [0.717, 1.165) is 23.3 Å². The van der Waals surface area contributed by atoms with Gasteiger partial charge in [-0.15, -0.1) is 0 Å². The Morgan fingerprint density at radius 2 is 2.00 bits per heavy atom. The first-order valence-corrected chi connectivity index (χ1v) is 8.99. The number of hydrogen-bond acceptors (Lipinski definition) is 6. The Kier molecular flexibility index (Phi) is 4.94. The normalized spacial score (nSPS) is 13.2. The van der Waals surface area contributed by atoms with Crippen LogP contribution in [-0.2, 0) is 16.4 Å². The summed E-state index contributed by atoms with van der Waals surface area (Å²) >= 11 is 1.09. The van der Waals surface area contributed by atoms with Gasteiger partial charge in [-0.1, -0.05) is 23.5 Å². The number of aromatic nitrogens is 1. The van der Waals surface area contributed by atoms with Crippen LogP contribution in [0.25, 0.3) is 0 Å². The van der Waals surface area contributed by atoms with Gasteiger partial charge in [0.05, 0.1) is 11.0 Å².